The summed E-state index contributed by atoms with van der Waals surface area (Å²) in [5, 5.41) is 4.25. The van der Waals surface area contributed by atoms with Crippen LogP contribution in [0.4, 0.5) is 0 Å². The Labute approximate surface area is 135 Å². The third-order valence-corrected chi connectivity index (χ3v) is 4.25. The zero-order valence-electron chi connectivity index (χ0n) is 11.9. The number of sulfonamides is 1. The van der Waals surface area contributed by atoms with Gasteiger partial charge in [-0.3, -0.25) is 0 Å². The van der Waals surface area contributed by atoms with Crippen molar-refractivity contribution >= 4 is 33.9 Å². The number of benzene rings is 2. The number of nitrogens with zero attached hydrogens (tertiary/aromatic N) is 1. The van der Waals surface area contributed by atoms with E-state index in [0.717, 1.165) is 11.1 Å². The van der Waals surface area contributed by atoms with Crippen LogP contribution in [0.1, 0.15) is 12.5 Å². The Morgan fingerprint density at radius 1 is 1.09 bits per heavy atom. The summed E-state index contributed by atoms with van der Waals surface area (Å²) >= 11 is 5.73. The highest BCUT2D eigenvalue weighted by molar-refractivity contribution is 7.89. The highest BCUT2D eigenvalue weighted by atomic mass is 35.5. The van der Waals surface area contributed by atoms with Crippen molar-refractivity contribution in [2.75, 3.05) is 0 Å². The van der Waals surface area contributed by atoms with Crippen molar-refractivity contribution in [1.82, 2.24) is 4.83 Å². The topological polar surface area (TPSA) is 58.5 Å². The summed E-state index contributed by atoms with van der Waals surface area (Å²) in [6.07, 6.45) is 3.36. The van der Waals surface area contributed by atoms with Gasteiger partial charge in [0, 0.05) is 5.02 Å². The average molecular weight is 335 g/mol. The minimum atomic E-state index is -3.68. The van der Waals surface area contributed by atoms with Gasteiger partial charge in [0.25, 0.3) is 10.0 Å². The molecular formula is C16H15ClN2O2S. The normalized spacial score (nSPS) is 12.5. The summed E-state index contributed by atoms with van der Waals surface area (Å²) in [6, 6.07) is 15.6. The molecule has 2 aromatic carbocycles. The first-order valence-electron chi connectivity index (χ1n) is 6.51. The molecule has 0 spiro atoms. The molecule has 114 valence electrons. The summed E-state index contributed by atoms with van der Waals surface area (Å²) in [6.45, 7) is 1.84. The molecule has 0 saturated carbocycles. The number of hydrogen-bond donors (Lipinski definition) is 1. The number of nitrogens with one attached hydrogen (secondary N) is 1. The maximum absolute atomic E-state index is 12.0. The van der Waals surface area contributed by atoms with Gasteiger partial charge >= 0.3 is 0 Å². The van der Waals surface area contributed by atoms with Crippen LogP contribution in [0.15, 0.2) is 70.2 Å². The van der Waals surface area contributed by atoms with Crippen molar-refractivity contribution in [3.63, 3.8) is 0 Å². The van der Waals surface area contributed by atoms with E-state index in [0.29, 0.717) is 5.02 Å². The van der Waals surface area contributed by atoms with Gasteiger partial charge < -0.3 is 0 Å². The Kier molecular flexibility index (Phi) is 5.35. The van der Waals surface area contributed by atoms with Crippen LogP contribution in [0, 0.1) is 0 Å². The van der Waals surface area contributed by atoms with E-state index in [1.165, 1.54) is 30.5 Å². The second kappa shape index (κ2) is 7.24. The molecule has 2 aromatic rings. The SMILES string of the molecule is CC(/C=N/NS(=O)(=O)c1ccc(Cl)cc1)=C\c1ccccc1. The van der Waals surface area contributed by atoms with E-state index in [4.69, 9.17) is 11.6 Å². The van der Waals surface area contributed by atoms with Gasteiger partial charge in [-0.05, 0) is 42.3 Å². The lowest BCUT2D eigenvalue weighted by atomic mass is 10.1. The maximum Gasteiger partial charge on any atom is 0.276 e. The first-order valence-corrected chi connectivity index (χ1v) is 8.37. The molecule has 0 fully saturated rings. The summed E-state index contributed by atoms with van der Waals surface area (Å²) in [5.74, 6) is 0. The quantitative estimate of drug-likeness (QED) is 0.669. The fourth-order valence-electron chi connectivity index (χ4n) is 1.71. The van der Waals surface area contributed by atoms with Crippen molar-refractivity contribution in [2.45, 2.75) is 11.8 Å². The second-order valence-electron chi connectivity index (χ2n) is 4.61. The molecule has 0 saturated heterocycles. The molecule has 0 aromatic heterocycles. The van der Waals surface area contributed by atoms with Gasteiger partial charge in [-0.2, -0.15) is 13.5 Å². The Morgan fingerprint density at radius 3 is 2.36 bits per heavy atom. The highest BCUT2D eigenvalue weighted by Gasteiger charge is 2.11. The summed E-state index contributed by atoms with van der Waals surface area (Å²) in [7, 11) is -3.68. The van der Waals surface area contributed by atoms with Crippen LogP contribution in [-0.2, 0) is 10.0 Å². The van der Waals surface area contributed by atoms with Gasteiger partial charge in [0.05, 0.1) is 11.1 Å². The smallest absolute Gasteiger partial charge is 0.200 e. The predicted molar refractivity (Wildman–Crippen MR) is 90.4 cm³/mol. The largest absolute Gasteiger partial charge is 0.276 e. The molecule has 1 N–H and O–H groups in total. The van der Waals surface area contributed by atoms with Gasteiger partial charge in [0.2, 0.25) is 0 Å². The molecule has 0 unspecified atom stereocenters. The Balaban J connectivity index is 2.05. The number of rotatable bonds is 5. The Bertz CT molecular complexity index is 783. The lowest BCUT2D eigenvalue weighted by Crippen LogP contribution is -2.18. The molecular weight excluding hydrogens is 320 g/mol. The van der Waals surface area contributed by atoms with Crippen molar-refractivity contribution in [1.29, 1.82) is 0 Å². The Hall–Kier alpha value is -2.11. The fourth-order valence-corrected chi connectivity index (χ4v) is 2.63. The van der Waals surface area contributed by atoms with Gasteiger partial charge in [-0.1, -0.05) is 48.0 Å². The zero-order valence-corrected chi connectivity index (χ0v) is 13.5. The number of hydrazone groups is 1. The molecule has 6 heteroatoms. The second-order valence-corrected chi connectivity index (χ2v) is 6.70. The van der Waals surface area contributed by atoms with Crippen LogP contribution < -0.4 is 4.83 Å². The van der Waals surface area contributed by atoms with Crippen molar-refractivity contribution in [3.05, 3.63) is 70.8 Å². The van der Waals surface area contributed by atoms with Crippen LogP contribution in [0.3, 0.4) is 0 Å². The van der Waals surface area contributed by atoms with Crippen LogP contribution in [0.25, 0.3) is 6.08 Å². The molecule has 2 rings (SSSR count). The van der Waals surface area contributed by atoms with E-state index in [1.54, 1.807) is 0 Å². The number of halogens is 1. The fraction of sp³-hybridized carbons (Fsp3) is 0.0625. The summed E-state index contributed by atoms with van der Waals surface area (Å²) in [4.78, 5) is 2.28. The molecule has 0 aliphatic rings. The first-order chi connectivity index (χ1) is 10.5. The van der Waals surface area contributed by atoms with Gasteiger partial charge in [0.1, 0.15) is 0 Å². The monoisotopic (exact) mass is 334 g/mol. The predicted octanol–water partition coefficient (Wildman–Crippen LogP) is 3.71. The van der Waals surface area contributed by atoms with Gasteiger partial charge in [-0.25, -0.2) is 4.83 Å². The molecule has 22 heavy (non-hydrogen) atoms. The van der Waals surface area contributed by atoms with Crippen molar-refractivity contribution in [3.8, 4) is 0 Å². The minimum absolute atomic E-state index is 0.110. The van der Waals surface area contributed by atoms with E-state index in [9.17, 15) is 8.42 Å². The van der Waals surface area contributed by atoms with Crippen LogP contribution in [0.5, 0.6) is 0 Å². The van der Waals surface area contributed by atoms with E-state index in [-0.39, 0.29) is 4.90 Å². The first kappa shape index (κ1) is 16.3. The van der Waals surface area contributed by atoms with Crippen LogP contribution in [0.2, 0.25) is 5.02 Å². The molecule has 0 atom stereocenters. The van der Waals surface area contributed by atoms with Crippen molar-refractivity contribution in [2.24, 2.45) is 5.10 Å². The molecule has 0 heterocycles. The standard InChI is InChI=1S/C16H15ClN2O2S/c1-13(11-14-5-3-2-4-6-14)12-18-19-22(20,21)16-9-7-15(17)8-10-16/h2-12,19H,1H3/b13-11+,18-12+. The summed E-state index contributed by atoms with van der Waals surface area (Å²) in [5.41, 5.74) is 1.84. The van der Waals surface area contributed by atoms with E-state index in [2.05, 4.69) is 9.93 Å². The lowest BCUT2D eigenvalue weighted by Gasteiger charge is -2.03. The number of hydrogen-bond acceptors (Lipinski definition) is 3. The maximum atomic E-state index is 12.0. The molecule has 0 amide bonds. The summed E-state index contributed by atoms with van der Waals surface area (Å²) < 4.78 is 24.0. The average Bonchev–Trinajstić information content (AvgIpc) is 2.48. The van der Waals surface area contributed by atoms with Gasteiger partial charge in [-0.15, -0.1) is 0 Å². The van der Waals surface area contributed by atoms with E-state index >= 15 is 0 Å². The van der Waals surface area contributed by atoms with E-state index in [1.807, 2.05) is 43.3 Å². The molecule has 0 aliphatic heterocycles. The Morgan fingerprint density at radius 2 is 1.73 bits per heavy atom. The van der Waals surface area contributed by atoms with E-state index < -0.39 is 10.0 Å². The zero-order chi connectivity index (χ0) is 16.0. The lowest BCUT2D eigenvalue weighted by molar-refractivity contribution is 0.584. The van der Waals surface area contributed by atoms with Crippen LogP contribution in [-0.4, -0.2) is 14.6 Å². The molecule has 4 nitrogen and oxygen atoms in total. The van der Waals surface area contributed by atoms with Gasteiger partial charge in [0.15, 0.2) is 0 Å². The third-order valence-electron chi connectivity index (χ3n) is 2.76. The molecule has 0 aliphatic carbocycles. The number of allylic oxidation sites excluding steroid dienone is 1. The highest BCUT2D eigenvalue weighted by Crippen LogP contribution is 2.13. The third kappa shape index (κ3) is 4.72. The van der Waals surface area contributed by atoms with Crippen LogP contribution >= 0.6 is 11.6 Å². The molecule has 0 radical (unpaired) electrons. The minimum Gasteiger partial charge on any atom is -0.200 e. The molecule has 0 bridgehead atoms. The van der Waals surface area contributed by atoms with Crippen molar-refractivity contribution < 1.29 is 8.42 Å².